The van der Waals surface area contributed by atoms with E-state index in [2.05, 4.69) is 10.6 Å². The van der Waals surface area contributed by atoms with Gasteiger partial charge in [0.15, 0.2) is 6.61 Å². The SMILES string of the molecule is O=C(COC(=O)[C@@H]1CC=CCC1)Nc1ccccc1C(=O)NCc1ccccc1. The van der Waals surface area contributed by atoms with Crippen molar-refractivity contribution in [3.63, 3.8) is 0 Å². The molecule has 0 radical (unpaired) electrons. The van der Waals surface area contributed by atoms with E-state index in [1.807, 2.05) is 42.5 Å². The highest BCUT2D eigenvalue weighted by molar-refractivity contribution is 6.04. The summed E-state index contributed by atoms with van der Waals surface area (Å²) in [5, 5.41) is 5.50. The van der Waals surface area contributed by atoms with Crippen molar-refractivity contribution in [3.05, 3.63) is 77.9 Å². The molecule has 0 heterocycles. The van der Waals surface area contributed by atoms with Crippen molar-refractivity contribution in [2.45, 2.75) is 25.8 Å². The van der Waals surface area contributed by atoms with Crippen molar-refractivity contribution in [1.29, 1.82) is 0 Å². The van der Waals surface area contributed by atoms with Gasteiger partial charge in [-0.2, -0.15) is 0 Å². The number of ether oxygens (including phenoxy) is 1. The van der Waals surface area contributed by atoms with Crippen molar-refractivity contribution in [2.24, 2.45) is 5.92 Å². The van der Waals surface area contributed by atoms with E-state index in [1.165, 1.54) is 0 Å². The van der Waals surface area contributed by atoms with E-state index in [0.29, 0.717) is 24.2 Å². The summed E-state index contributed by atoms with van der Waals surface area (Å²) in [4.78, 5) is 36.8. The molecule has 1 aliphatic carbocycles. The minimum atomic E-state index is -0.479. The molecule has 0 bridgehead atoms. The topological polar surface area (TPSA) is 84.5 Å². The average molecular weight is 392 g/mol. The Hall–Kier alpha value is -3.41. The molecule has 0 aliphatic heterocycles. The summed E-state index contributed by atoms with van der Waals surface area (Å²) in [7, 11) is 0. The smallest absolute Gasteiger partial charge is 0.309 e. The Morgan fingerprint density at radius 1 is 0.966 bits per heavy atom. The molecule has 2 amide bonds. The molecule has 2 N–H and O–H groups in total. The fraction of sp³-hybridized carbons (Fsp3) is 0.261. The van der Waals surface area contributed by atoms with Crippen LogP contribution in [0.1, 0.15) is 35.2 Å². The molecule has 150 valence electrons. The van der Waals surface area contributed by atoms with Crippen LogP contribution < -0.4 is 10.6 Å². The van der Waals surface area contributed by atoms with Gasteiger partial charge >= 0.3 is 5.97 Å². The predicted octanol–water partition coefficient (Wildman–Crippen LogP) is 3.45. The first-order valence-electron chi connectivity index (χ1n) is 9.66. The molecule has 1 atom stereocenters. The number of carbonyl (C=O) groups is 3. The Balaban J connectivity index is 1.53. The Bertz CT molecular complexity index is 893. The summed E-state index contributed by atoms with van der Waals surface area (Å²) in [5.41, 5.74) is 1.70. The third kappa shape index (κ3) is 6.04. The van der Waals surface area contributed by atoms with Gasteiger partial charge in [0.25, 0.3) is 11.8 Å². The van der Waals surface area contributed by atoms with Crippen molar-refractivity contribution in [3.8, 4) is 0 Å². The van der Waals surface area contributed by atoms with E-state index in [1.54, 1.807) is 24.3 Å². The van der Waals surface area contributed by atoms with Crippen LogP contribution in [0.2, 0.25) is 0 Å². The van der Waals surface area contributed by atoms with E-state index in [9.17, 15) is 14.4 Å². The first-order valence-corrected chi connectivity index (χ1v) is 9.66. The maximum absolute atomic E-state index is 12.5. The predicted molar refractivity (Wildman–Crippen MR) is 110 cm³/mol. The number of anilines is 1. The summed E-state index contributed by atoms with van der Waals surface area (Å²) in [6.07, 6.45) is 6.22. The second-order valence-corrected chi connectivity index (χ2v) is 6.85. The van der Waals surface area contributed by atoms with E-state index < -0.39 is 5.91 Å². The molecule has 6 heteroatoms. The van der Waals surface area contributed by atoms with E-state index in [4.69, 9.17) is 4.74 Å². The maximum atomic E-state index is 12.5. The summed E-state index contributed by atoms with van der Waals surface area (Å²) in [6.45, 7) is 0.00835. The lowest BCUT2D eigenvalue weighted by molar-refractivity contribution is -0.151. The minimum absolute atomic E-state index is 0.191. The van der Waals surface area contributed by atoms with Gasteiger partial charge in [0.1, 0.15) is 0 Å². The number of hydrogen-bond donors (Lipinski definition) is 2. The number of esters is 1. The third-order valence-electron chi connectivity index (χ3n) is 4.69. The zero-order valence-electron chi connectivity index (χ0n) is 16.1. The van der Waals surface area contributed by atoms with E-state index >= 15 is 0 Å². The largest absolute Gasteiger partial charge is 0.455 e. The van der Waals surface area contributed by atoms with Gasteiger partial charge in [-0.25, -0.2) is 0 Å². The molecule has 3 rings (SSSR count). The van der Waals surface area contributed by atoms with Crippen LogP contribution in [-0.4, -0.2) is 24.4 Å². The normalized spacial score (nSPS) is 15.4. The summed E-state index contributed by atoms with van der Waals surface area (Å²) in [5.74, 6) is -1.33. The van der Waals surface area contributed by atoms with Gasteiger partial charge in [0.2, 0.25) is 0 Å². The van der Waals surface area contributed by atoms with Crippen LogP contribution >= 0.6 is 0 Å². The molecule has 0 fully saturated rings. The van der Waals surface area contributed by atoms with Gasteiger partial charge in [-0.1, -0.05) is 54.6 Å². The zero-order valence-corrected chi connectivity index (χ0v) is 16.1. The van der Waals surface area contributed by atoms with Gasteiger partial charge in [0, 0.05) is 6.54 Å². The van der Waals surface area contributed by atoms with Gasteiger partial charge in [-0.05, 0) is 37.0 Å². The molecular formula is C23H24N2O4. The molecule has 6 nitrogen and oxygen atoms in total. The fourth-order valence-electron chi connectivity index (χ4n) is 3.11. The van der Waals surface area contributed by atoms with Crippen molar-refractivity contribution in [2.75, 3.05) is 11.9 Å². The Morgan fingerprint density at radius 3 is 2.48 bits per heavy atom. The van der Waals surface area contributed by atoms with Crippen molar-refractivity contribution in [1.82, 2.24) is 5.32 Å². The van der Waals surface area contributed by atoms with E-state index in [-0.39, 0.29) is 24.4 Å². The highest BCUT2D eigenvalue weighted by Gasteiger charge is 2.21. The molecule has 0 saturated heterocycles. The van der Waals surface area contributed by atoms with Gasteiger partial charge in [0.05, 0.1) is 17.2 Å². The number of carbonyl (C=O) groups excluding carboxylic acids is 3. The molecular weight excluding hydrogens is 368 g/mol. The number of allylic oxidation sites excluding steroid dienone is 2. The summed E-state index contributed by atoms with van der Waals surface area (Å²) in [6, 6.07) is 16.3. The number of hydrogen-bond acceptors (Lipinski definition) is 4. The van der Waals surface area contributed by atoms with Gasteiger partial charge < -0.3 is 15.4 Å². The molecule has 2 aromatic rings. The fourth-order valence-corrected chi connectivity index (χ4v) is 3.11. The van der Waals surface area contributed by atoms with Gasteiger partial charge in [-0.15, -0.1) is 0 Å². The molecule has 0 saturated carbocycles. The monoisotopic (exact) mass is 392 g/mol. The zero-order chi connectivity index (χ0) is 20.5. The minimum Gasteiger partial charge on any atom is -0.455 e. The molecule has 1 aliphatic rings. The number of benzene rings is 2. The summed E-state index contributed by atoms with van der Waals surface area (Å²) < 4.78 is 5.14. The maximum Gasteiger partial charge on any atom is 0.309 e. The van der Waals surface area contributed by atoms with E-state index in [0.717, 1.165) is 18.4 Å². The lowest BCUT2D eigenvalue weighted by atomic mass is 9.95. The number of nitrogens with one attached hydrogen (secondary N) is 2. The highest BCUT2D eigenvalue weighted by Crippen LogP contribution is 2.19. The number of para-hydroxylation sites is 1. The molecule has 0 unspecified atom stereocenters. The van der Waals surface area contributed by atoms with Crippen molar-refractivity contribution < 1.29 is 19.1 Å². The molecule has 0 spiro atoms. The van der Waals surface area contributed by atoms with Crippen molar-refractivity contribution >= 4 is 23.5 Å². The second-order valence-electron chi connectivity index (χ2n) is 6.85. The molecule has 29 heavy (non-hydrogen) atoms. The van der Waals surface area contributed by atoms with Gasteiger partial charge in [-0.3, -0.25) is 14.4 Å². The van der Waals surface area contributed by atoms with Crippen LogP contribution in [0.5, 0.6) is 0 Å². The van der Waals surface area contributed by atoms with Crippen LogP contribution in [0.3, 0.4) is 0 Å². The van der Waals surface area contributed by atoms with Crippen LogP contribution in [0, 0.1) is 5.92 Å². The van der Waals surface area contributed by atoms with Crippen LogP contribution in [0.25, 0.3) is 0 Å². The third-order valence-corrected chi connectivity index (χ3v) is 4.69. The number of amides is 2. The lowest BCUT2D eigenvalue weighted by Gasteiger charge is -2.16. The standard InChI is InChI=1S/C23H24N2O4/c26-21(16-29-23(28)18-11-5-2-6-12-18)25-20-14-8-7-13-19(20)22(27)24-15-17-9-3-1-4-10-17/h1-5,7-10,13-14,18H,6,11-12,15-16H2,(H,24,27)(H,25,26)/t18-/m1/s1. The van der Waals surface area contributed by atoms with Crippen LogP contribution in [-0.2, 0) is 20.9 Å². The van der Waals surface area contributed by atoms with Crippen LogP contribution in [0.4, 0.5) is 5.69 Å². The Kier molecular flexibility index (Phi) is 7.16. The first-order chi connectivity index (χ1) is 14.1. The van der Waals surface area contributed by atoms with Crippen LogP contribution in [0.15, 0.2) is 66.7 Å². The molecule has 2 aromatic carbocycles. The highest BCUT2D eigenvalue weighted by atomic mass is 16.5. The summed E-state index contributed by atoms with van der Waals surface area (Å²) >= 11 is 0. The Labute approximate surface area is 170 Å². The second kappa shape index (κ2) is 10.2. The average Bonchev–Trinajstić information content (AvgIpc) is 2.77. The Morgan fingerprint density at radius 2 is 1.72 bits per heavy atom. The first kappa shape index (κ1) is 20.3. The molecule has 0 aromatic heterocycles. The number of rotatable bonds is 7. The lowest BCUT2D eigenvalue weighted by Crippen LogP contribution is -2.27. The quantitative estimate of drug-likeness (QED) is 0.558.